The van der Waals surface area contributed by atoms with E-state index in [9.17, 15) is 4.79 Å². The largest absolute Gasteiger partial charge is 0.462 e. The van der Waals surface area contributed by atoms with E-state index in [1.165, 1.54) is 55.2 Å². The van der Waals surface area contributed by atoms with Gasteiger partial charge in [-0.05, 0) is 100 Å². The van der Waals surface area contributed by atoms with Crippen LogP contribution in [0.2, 0.25) is 0 Å². The number of rotatable bonds is 13. The van der Waals surface area contributed by atoms with Gasteiger partial charge in [0.1, 0.15) is 5.60 Å². The summed E-state index contributed by atoms with van der Waals surface area (Å²) in [7, 11) is 0. The molecule has 2 nitrogen and oxygen atoms in total. The van der Waals surface area contributed by atoms with Crippen LogP contribution in [0.15, 0.2) is 12.1 Å². The molecular weight excluding hydrogens is 344 g/mol. The number of carbonyl (C=O) groups excluding carboxylic acids is 1. The van der Waals surface area contributed by atoms with E-state index in [1.54, 1.807) is 5.56 Å². The van der Waals surface area contributed by atoms with Crippen LogP contribution >= 0.6 is 0 Å². The Morgan fingerprint density at radius 1 is 0.821 bits per heavy atom. The first-order valence-corrected chi connectivity index (χ1v) is 11.3. The molecule has 1 aromatic rings. The Kier molecular flexibility index (Phi) is 10.3. The molecule has 0 fully saturated rings. The van der Waals surface area contributed by atoms with E-state index in [2.05, 4.69) is 46.8 Å². The minimum atomic E-state index is -0.345. The quantitative estimate of drug-likeness (QED) is 0.258. The summed E-state index contributed by atoms with van der Waals surface area (Å²) in [5.41, 5.74) is 6.12. The van der Waals surface area contributed by atoms with Gasteiger partial charge in [-0.15, -0.1) is 0 Å². The van der Waals surface area contributed by atoms with Crippen molar-refractivity contribution in [3.63, 3.8) is 0 Å². The van der Waals surface area contributed by atoms with Crippen molar-refractivity contribution in [3.05, 3.63) is 34.4 Å². The Hall–Kier alpha value is -1.31. The molecule has 0 unspecified atom stereocenters. The third kappa shape index (κ3) is 9.75. The van der Waals surface area contributed by atoms with Crippen molar-refractivity contribution < 1.29 is 9.53 Å². The molecule has 1 rings (SSSR count). The van der Waals surface area contributed by atoms with Crippen LogP contribution in [0.25, 0.3) is 0 Å². The SMILES string of the molecule is Cc1ccc(CCCCC(C)(C)OC=O)c(C)c1CCCCCCC(C)(C)C. The van der Waals surface area contributed by atoms with E-state index in [-0.39, 0.29) is 5.60 Å². The highest BCUT2D eigenvalue weighted by molar-refractivity contribution is 5.40. The molecule has 0 spiro atoms. The average Bonchev–Trinajstić information content (AvgIpc) is 2.57. The third-order valence-corrected chi connectivity index (χ3v) is 5.89. The van der Waals surface area contributed by atoms with Gasteiger partial charge in [-0.1, -0.05) is 52.2 Å². The topological polar surface area (TPSA) is 26.3 Å². The second kappa shape index (κ2) is 11.6. The minimum absolute atomic E-state index is 0.345. The minimum Gasteiger partial charge on any atom is -0.462 e. The second-order valence-electron chi connectivity index (χ2n) is 10.3. The summed E-state index contributed by atoms with van der Waals surface area (Å²) in [5.74, 6) is 0. The Morgan fingerprint density at radius 3 is 2.07 bits per heavy atom. The lowest BCUT2D eigenvalue weighted by molar-refractivity contribution is -0.140. The van der Waals surface area contributed by atoms with Gasteiger partial charge in [-0.2, -0.15) is 0 Å². The Balaban J connectivity index is 2.46. The monoisotopic (exact) mass is 388 g/mol. The van der Waals surface area contributed by atoms with Crippen molar-refractivity contribution in [2.24, 2.45) is 5.41 Å². The van der Waals surface area contributed by atoms with Crippen LogP contribution in [0.5, 0.6) is 0 Å². The number of unbranched alkanes of at least 4 members (excludes halogenated alkanes) is 4. The van der Waals surface area contributed by atoms with Crippen molar-refractivity contribution in [1.29, 1.82) is 0 Å². The molecule has 0 bridgehead atoms. The standard InChI is InChI=1S/C26H44O2/c1-21-16-17-23(14-11-13-19-26(6,7)28-20-27)22(2)24(21)15-10-8-9-12-18-25(3,4)5/h16-17,20H,8-15,18-19H2,1-7H3. The highest BCUT2D eigenvalue weighted by Gasteiger charge is 2.18. The molecule has 160 valence electrons. The number of hydrogen-bond acceptors (Lipinski definition) is 2. The molecule has 0 aliphatic heterocycles. The van der Waals surface area contributed by atoms with Gasteiger partial charge in [-0.3, -0.25) is 4.79 Å². The molecule has 0 atom stereocenters. The normalized spacial score (nSPS) is 12.2. The van der Waals surface area contributed by atoms with E-state index in [4.69, 9.17) is 4.74 Å². The molecule has 0 heterocycles. The van der Waals surface area contributed by atoms with Gasteiger partial charge in [0.2, 0.25) is 0 Å². The summed E-state index contributed by atoms with van der Waals surface area (Å²) < 4.78 is 5.15. The highest BCUT2D eigenvalue weighted by Crippen LogP contribution is 2.25. The van der Waals surface area contributed by atoms with E-state index in [0.717, 1.165) is 25.7 Å². The Labute approximate surface area is 174 Å². The first kappa shape index (κ1) is 24.7. The molecule has 0 amide bonds. The number of benzene rings is 1. The van der Waals surface area contributed by atoms with Crippen molar-refractivity contribution in [2.45, 2.75) is 118 Å². The maximum Gasteiger partial charge on any atom is 0.293 e. The molecule has 28 heavy (non-hydrogen) atoms. The van der Waals surface area contributed by atoms with Gasteiger partial charge in [0.15, 0.2) is 0 Å². The van der Waals surface area contributed by atoms with Crippen LogP contribution in [-0.4, -0.2) is 12.1 Å². The summed E-state index contributed by atoms with van der Waals surface area (Å²) in [4.78, 5) is 10.6. The highest BCUT2D eigenvalue weighted by atomic mass is 16.5. The summed E-state index contributed by atoms with van der Waals surface area (Å²) in [6.07, 6.45) is 12.1. The number of ether oxygens (including phenoxy) is 1. The van der Waals surface area contributed by atoms with Crippen LogP contribution in [0.4, 0.5) is 0 Å². The fraction of sp³-hybridized carbons (Fsp3) is 0.731. The van der Waals surface area contributed by atoms with Gasteiger partial charge >= 0.3 is 0 Å². The predicted molar refractivity (Wildman–Crippen MR) is 121 cm³/mol. The first-order valence-electron chi connectivity index (χ1n) is 11.3. The van der Waals surface area contributed by atoms with Crippen LogP contribution in [-0.2, 0) is 22.4 Å². The van der Waals surface area contributed by atoms with Crippen LogP contribution in [0.1, 0.15) is 108 Å². The zero-order chi connectivity index (χ0) is 21.2. The van der Waals surface area contributed by atoms with Crippen molar-refractivity contribution in [3.8, 4) is 0 Å². The third-order valence-electron chi connectivity index (χ3n) is 5.89. The second-order valence-corrected chi connectivity index (χ2v) is 10.3. The molecule has 0 radical (unpaired) electrons. The molecule has 0 aromatic heterocycles. The molecule has 0 saturated heterocycles. The Bertz CT molecular complexity index is 593. The fourth-order valence-electron chi connectivity index (χ4n) is 3.96. The first-order chi connectivity index (χ1) is 13.1. The van der Waals surface area contributed by atoms with Gasteiger partial charge in [0.05, 0.1) is 0 Å². The number of aryl methyl sites for hydroxylation is 2. The number of hydrogen-bond donors (Lipinski definition) is 0. The molecule has 2 heteroatoms. The number of carbonyl (C=O) groups is 1. The predicted octanol–water partition coefficient (Wildman–Crippen LogP) is 7.51. The lowest BCUT2D eigenvalue weighted by Crippen LogP contribution is -2.23. The van der Waals surface area contributed by atoms with Crippen molar-refractivity contribution in [2.75, 3.05) is 0 Å². The zero-order valence-corrected chi connectivity index (χ0v) is 19.6. The summed E-state index contributed by atoms with van der Waals surface area (Å²) >= 11 is 0. The summed E-state index contributed by atoms with van der Waals surface area (Å²) in [6.45, 7) is 16.1. The lowest BCUT2D eigenvalue weighted by Gasteiger charge is -2.22. The Morgan fingerprint density at radius 2 is 1.43 bits per heavy atom. The van der Waals surface area contributed by atoms with Gasteiger partial charge in [0.25, 0.3) is 6.47 Å². The van der Waals surface area contributed by atoms with Gasteiger partial charge in [0, 0.05) is 0 Å². The molecular formula is C26H44O2. The maximum absolute atomic E-state index is 10.6. The molecule has 0 aliphatic carbocycles. The van der Waals surface area contributed by atoms with Gasteiger partial charge < -0.3 is 4.74 Å². The van der Waals surface area contributed by atoms with E-state index < -0.39 is 0 Å². The van der Waals surface area contributed by atoms with Crippen molar-refractivity contribution in [1.82, 2.24) is 0 Å². The van der Waals surface area contributed by atoms with Crippen molar-refractivity contribution >= 4 is 6.47 Å². The van der Waals surface area contributed by atoms with E-state index >= 15 is 0 Å². The van der Waals surface area contributed by atoms with Gasteiger partial charge in [-0.25, -0.2) is 0 Å². The zero-order valence-electron chi connectivity index (χ0n) is 19.6. The van der Waals surface area contributed by atoms with Crippen LogP contribution in [0.3, 0.4) is 0 Å². The maximum atomic E-state index is 10.6. The molecule has 0 N–H and O–H groups in total. The smallest absolute Gasteiger partial charge is 0.293 e. The van der Waals surface area contributed by atoms with E-state index in [0.29, 0.717) is 11.9 Å². The fourth-order valence-corrected chi connectivity index (χ4v) is 3.96. The van der Waals surface area contributed by atoms with Crippen LogP contribution < -0.4 is 0 Å². The summed E-state index contributed by atoms with van der Waals surface area (Å²) in [5, 5.41) is 0. The lowest BCUT2D eigenvalue weighted by atomic mass is 9.88. The molecule has 0 aliphatic rings. The molecule has 0 saturated carbocycles. The summed E-state index contributed by atoms with van der Waals surface area (Å²) in [6, 6.07) is 4.61. The van der Waals surface area contributed by atoms with E-state index in [1.807, 2.05) is 13.8 Å². The van der Waals surface area contributed by atoms with Crippen LogP contribution in [0, 0.1) is 19.3 Å². The molecule has 1 aromatic carbocycles. The average molecular weight is 389 g/mol.